The molecule has 1 fully saturated rings. The minimum Gasteiger partial charge on any atom is -0.407 e. The number of sulfonamides is 1. The van der Waals surface area contributed by atoms with Gasteiger partial charge in [-0.15, -0.1) is 0 Å². The Hall–Kier alpha value is -3.51. The van der Waals surface area contributed by atoms with Crippen LogP contribution in [0.3, 0.4) is 0 Å². The fourth-order valence-corrected chi connectivity index (χ4v) is 5.03. The van der Waals surface area contributed by atoms with Gasteiger partial charge in [0.05, 0.1) is 4.90 Å². The molecule has 0 aromatic heterocycles. The minimum atomic E-state index is -3.80. The predicted molar refractivity (Wildman–Crippen MR) is 134 cm³/mol. The normalized spacial score (nSPS) is 17.6. The number of anilines is 1. The molecule has 4 rings (SSSR count). The molecule has 3 aromatic rings. The predicted octanol–water partition coefficient (Wildman–Crippen LogP) is 3.31. The Labute approximate surface area is 217 Å². The third-order valence-corrected chi connectivity index (χ3v) is 7.28. The molecular weight excluding hydrogens is 525 g/mol. The molecule has 0 aliphatic carbocycles. The smallest absolute Gasteiger partial charge is 0.407 e. The lowest BCUT2D eigenvalue weighted by Crippen LogP contribution is -2.46. The average molecular weight is 548 g/mol. The van der Waals surface area contributed by atoms with Crippen molar-refractivity contribution in [3.05, 3.63) is 94.8 Å². The zero-order chi connectivity index (χ0) is 26.6. The highest BCUT2D eigenvalue weighted by Gasteiger charge is 2.49. The topological polar surface area (TPSA) is 125 Å². The Morgan fingerprint density at radius 3 is 2.43 bits per heavy atom. The summed E-state index contributed by atoms with van der Waals surface area (Å²) >= 11 is 5.78. The van der Waals surface area contributed by atoms with E-state index in [0.29, 0.717) is 11.3 Å². The fraction of sp³-hybridized carbons (Fsp3) is 0.200. The summed E-state index contributed by atoms with van der Waals surface area (Å²) in [6, 6.07) is 18.3. The second-order valence-electron chi connectivity index (χ2n) is 8.32. The number of benzene rings is 3. The van der Waals surface area contributed by atoms with Crippen molar-refractivity contribution in [1.29, 1.82) is 0 Å². The van der Waals surface area contributed by atoms with Crippen molar-refractivity contribution in [2.24, 2.45) is 0 Å². The lowest BCUT2D eigenvalue weighted by Gasteiger charge is -2.22. The van der Waals surface area contributed by atoms with Crippen molar-refractivity contribution in [3.8, 4) is 0 Å². The van der Waals surface area contributed by atoms with E-state index in [4.69, 9.17) is 16.3 Å². The van der Waals surface area contributed by atoms with Crippen LogP contribution in [-0.2, 0) is 32.6 Å². The van der Waals surface area contributed by atoms with Gasteiger partial charge in [0.25, 0.3) is 11.7 Å². The number of carbonyl (C=O) groups excluding carboxylic acids is 2. The third-order valence-electron chi connectivity index (χ3n) is 5.64. The van der Waals surface area contributed by atoms with E-state index in [2.05, 4.69) is 10.0 Å². The van der Waals surface area contributed by atoms with Crippen LogP contribution >= 0.6 is 11.6 Å². The Kier molecular flexibility index (Phi) is 7.79. The lowest BCUT2D eigenvalue weighted by atomic mass is 10.2. The van der Waals surface area contributed by atoms with Crippen molar-refractivity contribution >= 4 is 39.3 Å². The quantitative estimate of drug-likeness (QED) is 0.372. The van der Waals surface area contributed by atoms with E-state index in [-0.39, 0.29) is 36.0 Å². The van der Waals surface area contributed by atoms with Gasteiger partial charge in [0, 0.05) is 36.8 Å². The maximum Gasteiger partial charge on any atom is 0.410 e. The molecule has 9 nitrogen and oxygen atoms in total. The van der Waals surface area contributed by atoms with Crippen LogP contribution in [0.25, 0.3) is 0 Å². The molecule has 3 N–H and O–H groups in total. The molecule has 0 bridgehead atoms. The largest absolute Gasteiger partial charge is 0.410 e. The molecule has 0 unspecified atom stereocenters. The van der Waals surface area contributed by atoms with Crippen molar-refractivity contribution in [3.63, 3.8) is 0 Å². The van der Waals surface area contributed by atoms with E-state index in [1.807, 2.05) is 6.07 Å². The van der Waals surface area contributed by atoms with E-state index in [1.165, 1.54) is 41.3 Å². The molecule has 3 aromatic carbocycles. The highest BCUT2D eigenvalue weighted by atomic mass is 35.5. The molecule has 194 valence electrons. The van der Waals surface area contributed by atoms with Crippen LogP contribution in [0.4, 0.5) is 14.9 Å². The number of carbonyl (C=O) groups is 2. The third kappa shape index (κ3) is 6.44. The number of ether oxygens (including phenoxy) is 1. The van der Waals surface area contributed by atoms with E-state index < -0.39 is 33.6 Å². The summed E-state index contributed by atoms with van der Waals surface area (Å²) in [6.45, 7) is 0.00718. The van der Waals surface area contributed by atoms with Gasteiger partial charge in [0.2, 0.25) is 10.0 Å². The second-order valence-corrected chi connectivity index (χ2v) is 10.5. The van der Waals surface area contributed by atoms with Gasteiger partial charge in [-0.2, -0.15) is 0 Å². The van der Waals surface area contributed by atoms with Gasteiger partial charge in [-0.3, -0.25) is 4.79 Å². The van der Waals surface area contributed by atoms with Crippen LogP contribution in [0.5, 0.6) is 0 Å². The first-order valence-corrected chi connectivity index (χ1v) is 13.0. The Morgan fingerprint density at radius 2 is 1.76 bits per heavy atom. The zero-order valence-electron chi connectivity index (χ0n) is 19.4. The average Bonchev–Trinajstić information content (AvgIpc) is 3.15. The van der Waals surface area contributed by atoms with Crippen molar-refractivity contribution < 1.29 is 32.2 Å². The second kappa shape index (κ2) is 10.9. The van der Waals surface area contributed by atoms with Gasteiger partial charge in [0.15, 0.2) is 0 Å². The first kappa shape index (κ1) is 26.6. The summed E-state index contributed by atoms with van der Waals surface area (Å²) in [5.74, 6) is -3.87. The van der Waals surface area contributed by atoms with E-state index in [0.717, 1.165) is 11.6 Å². The summed E-state index contributed by atoms with van der Waals surface area (Å²) in [4.78, 5) is 26.2. The Morgan fingerprint density at radius 1 is 1.05 bits per heavy atom. The van der Waals surface area contributed by atoms with Crippen molar-refractivity contribution in [2.75, 3.05) is 11.4 Å². The number of hydrogen-bond acceptors (Lipinski definition) is 6. The maximum absolute atomic E-state index is 13.4. The van der Waals surface area contributed by atoms with Gasteiger partial charge in [-0.25, -0.2) is 22.3 Å². The summed E-state index contributed by atoms with van der Waals surface area (Å²) in [7, 11) is -3.80. The van der Waals surface area contributed by atoms with Gasteiger partial charge in [0.1, 0.15) is 5.82 Å². The highest BCUT2D eigenvalue weighted by molar-refractivity contribution is 7.89. The minimum absolute atomic E-state index is 0.00201. The maximum atomic E-state index is 13.4. The molecule has 37 heavy (non-hydrogen) atoms. The van der Waals surface area contributed by atoms with Crippen LogP contribution in [-0.4, -0.2) is 37.9 Å². The van der Waals surface area contributed by atoms with Crippen molar-refractivity contribution in [1.82, 2.24) is 10.0 Å². The molecule has 1 aliphatic heterocycles. The first-order chi connectivity index (χ1) is 17.6. The molecule has 1 saturated heterocycles. The monoisotopic (exact) mass is 547 g/mol. The number of aliphatic hydroxyl groups is 1. The van der Waals surface area contributed by atoms with Crippen LogP contribution in [0.15, 0.2) is 77.7 Å². The van der Waals surface area contributed by atoms with E-state index in [1.54, 1.807) is 24.3 Å². The standard InChI is InChI=1S/C25H23ClFN3O6S/c26-19-12-18(13-20(27)14-19)15-28-24(32)36-25(33)10-11-30(23(25)31)21-6-8-22(9-7-21)37(34,35)29-16-17-4-2-1-3-5-17/h1-9,12-14,29,33H,10-11,15-16H2,(H,28,32)/t25-/m0/s1. The number of alkyl carbamates (subject to hydrolysis) is 1. The molecule has 1 heterocycles. The SMILES string of the molecule is O=C(NCc1cc(F)cc(Cl)c1)O[C@@]1(O)CCN(c2ccc(S(=O)(=O)NCc3ccccc3)cc2)C1=O. The molecule has 12 heteroatoms. The summed E-state index contributed by atoms with van der Waals surface area (Å²) in [5.41, 5.74) is 1.48. The van der Waals surface area contributed by atoms with Crippen LogP contribution in [0.2, 0.25) is 5.02 Å². The van der Waals surface area contributed by atoms with E-state index in [9.17, 15) is 27.5 Å². The van der Waals surface area contributed by atoms with Gasteiger partial charge in [-0.05, 0) is 53.6 Å². The summed E-state index contributed by atoms with van der Waals surface area (Å²) in [5, 5.41) is 13.1. The van der Waals surface area contributed by atoms with Crippen LogP contribution in [0.1, 0.15) is 17.5 Å². The molecule has 1 atom stereocenters. The number of hydrogen-bond donors (Lipinski definition) is 3. The van der Waals surface area contributed by atoms with Gasteiger partial charge in [-0.1, -0.05) is 41.9 Å². The molecule has 0 radical (unpaired) electrons. The first-order valence-electron chi connectivity index (χ1n) is 11.2. The Bertz CT molecular complexity index is 1390. The molecule has 2 amide bonds. The molecule has 0 saturated carbocycles. The van der Waals surface area contributed by atoms with Gasteiger partial charge < -0.3 is 20.1 Å². The van der Waals surface area contributed by atoms with Crippen LogP contribution < -0.4 is 14.9 Å². The molecular formula is C25H23ClFN3O6S. The number of nitrogens with zero attached hydrogens (tertiary/aromatic N) is 1. The number of nitrogens with one attached hydrogen (secondary N) is 2. The molecule has 0 spiro atoms. The Balaban J connectivity index is 1.36. The highest BCUT2D eigenvalue weighted by Crippen LogP contribution is 2.30. The summed E-state index contributed by atoms with van der Waals surface area (Å²) < 4.78 is 46.1. The van der Waals surface area contributed by atoms with Gasteiger partial charge >= 0.3 is 6.09 Å². The van der Waals surface area contributed by atoms with Crippen LogP contribution in [0, 0.1) is 5.82 Å². The number of amides is 2. The number of halogens is 2. The fourth-order valence-electron chi connectivity index (χ4n) is 3.76. The zero-order valence-corrected chi connectivity index (χ0v) is 20.9. The summed E-state index contributed by atoms with van der Waals surface area (Å²) in [6.07, 6.45) is -1.28. The number of rotatable bonds is 8. The van der Waals surface area contributed by atoms with E-state index >= 15 is 0 Å². The lowest BCUT2D eigenvalue weighted by molar-refractivity contribution is -0.175. The molecule has 1 aliphatic rings. The van der Waals surface area contributed by atoms with Crippen molar-refractivity contribution in [2.45, 2.75) is 30.2 Å².